The summed E-state index contributed by atoms with van der Waals surface area (Å²) in [4.78, 5) is 2.52. The molecule has 0 unspecified atom stereocenters. The van der Waals surface area contributed by atoms with Gasteiger partial charge in [-0.25, -0.2) is 0 Å². The molecule has 1 heterocycles. The van der Waals surface area contributed by atoms with Crippen molar-refractivity contribution in [1.82, 2.24) is 4.90 Å². The van der Waals surface area contributed by atoms with Crippen LogP contribution < -0.4 is 0 Å². The van der Waals surface area contributed by atoms with Crippen molar-refractivity contribution in [2.75, 3.05) is 59.3 Å². The number of ether oxygens (including phenoxy) is 3. The van der Waals surface area contributed by atoms with Crippen LogP contribution in [0, 0.1) is 0 Å². The molecule has 1 aliphatic heterocycles. The summed E-state index contributed by atoms with van der Waals surface area (Å²) in [6.07, 6.45) is 7.54. The van der Waals surface area contributed by atoms with Crippen molar-refractivity contribution in [3.05, 3.63) is 12.2 Å². The smallest absolute Gasteiger partial charge is 0.0704 e. The first-order chi connectivity index (χ1) is 10.8. The quantitative estimate of drug-likeness (QED) is 0.364. The van der Waals surface area contributed by atoms with E-state index in [4.69, 9.17) is 14.2 Å². The monoisotopic (exact) mass is 313 g/mol. The van der Waals surface area contributed by atoms with Crippen molar-refractivity contribution >= 4 is 0 Å². The van der Waals surface area contributed by atoms with Gasteiger partial charge in [0.15, 0.2) is 0 Å². The van der Waals surface area contributed by atoms with E-state index in [1.54, 1.807) is 0 Å². The van der Waals surface area contributed by atoms with Crippen molar-refractivity contribution in [3.8, 4) is 0 Å². The average Bonchev–Trinajstić information content (AvgIpc) is 2.52. The molecule has 0 spiro atoms. The maximum atomic E-state index is 5.71. The van der Waals surface area contributed by atoms with Crippen LogP contribution in [0.5, 0.6) is 0 Å². The van der Waals surface area contributed by atoms with Crippen LogP contribution in [0.1, 0.15) is 45.4 Å². The third-order valence-electron chi connectivity index (χ3n) is 3.80. The lowest BCUT2D eigenvalue weighted by atomic mass is 10.1. The number of nitrogens with zero attached hydrogens (tertiary/aromatic N) is 1. The summed E-state index contributed by atoms with van der Waals surface area (Å²) >= 11 is 0. The highest BCUT2D eigenvalue weighted by atomic mass is 16.5. The summed E-state index contributed by atoms with van der Waals surface area (Å²) in [6, 6.07) is 0. The lowest BCUT2D eigenvalue weighted by Gasteiger charge is -2.26. The van der Waals surface area contributed by atoms with Crippen LogP contribution in [0.2, 0.25) is 0 Å². The van der Waals surface area contributed by atoms with Crippen LogP contribution in [-0.2, 0) is 14.2 Å². The van der Waals surface area contributed by atoms with Crippen molar-refractivity contribution in [2.24, 2.45) is 0 Å². The highest BCUT2D eigenvalue weighted by Gasteiger charge is 2.08. The molecule has 0 aliphatic carbocycles. The lowest BCUT2D eigenvalue weighted by Crippen LogP contribution is -2.32. The van der Waals surface area contributed by atoms with E-state index in [0.29, 0.717) is 19.8 Å². The largest absolute Gasteiger partial charge is 0.380 e. The fourth-order valence-electron chi connectivity index (χ4n) is 2.53. The van der Waals surface area contributed by atoms with E-state index in [-0.39, 0.29) is 0 Å². The summed E-state index contributed by atoms with van der Waals surface area (Å²) in [7, 11) is 0. The van der Waals surface area contributed by atoms with Gasteiger partial charge in [-0.2, -0.15) is 0 Å². The third kappa shape index (κ3) is 12.2. The molecule has 0 N–H and O–H groups in total. The number of hydrogen-bond acceptors (Lipinski definition) is 4. The second-order valence-corrected chi connectivity index (χ2v) is 6.20. The molecular formula is C18H35NO3. The van der Waals surface area contributed by atoms with Crippen LogP contribution in [0.25, 0.3) is 0 Å². The minimum absolute atomic E-state index is 0.637. The molecule has 4 nitrogen and oxygen atoms in total. The van der Waals surface area contributed by atoms with Crippen molar-refractivity contribution in [1.29, 1.82) is 0 Å². The van der Waals surface area contributed by atoms with Crippen LogP contribution in [0.3, 0.4) is 0 Å². The zero-order valence-electron chi connectivity index (χ0n) is 14.5. The Morgan fingerprint density at radius 2 is 1.45 bits per heavy atom. The zero-order chi connectivity index (χ0) is 15.9. The molecule has 0 atom stereocenters. The topological polar surface area (TPSA) is 30.9 Å². The Labute approximate surface area is 136 Å². The van der Waals surface area contributed by atoms with Gasteiger partial charge in [0.2, 0.25) is 0 Å². The van der Waals surface area contributed by atoms with E-state index in [1.165, 1.54) is 38.8 Å². The Morgan fingerprint density at radius 1 is 0.818 bits per heavy atom. The Morgan fingerprint density at radius 3 is 2.14 bits per heavy atom. The van der Waals surface area contributed by atoms with Crippen LogP contribution in [0.15, 0.2) is 12.2 Å². The first kappa shape index (κ1) is 19.6. The predicted octanol–water partition coefficient (Wildman–Crippen LogP) is 3.27. The third-order valence-corrected chi connectivity index (χ3v) is 3.80. The molecular weight excluding hydrogens is 278 g/mol. The zero-order valence-corrected chi connectivity index (χ0v) is 14.5. The van der Waals surface area contributed by atoms with Crippen molar-refractivity contribution in [3.63, 3.8) is 0 Å². The van der Waals surface area contributed by atoms with Gasteiger partial charge < -0.3 is 19.1 Å². The number of rotatable bonds is 14. The molecule has 130 valence electrons. The Balaban J connectivity index is 1.70. The van der Waals surface area contributed by atoms with Gasteiger partial charge >= 0.3 is 0 Å². The maximum absolute atomic E-state index is 5.71. The SMILES string of the molecule is C=C(C)COCCOCCCCCOCCN1CCCCC1. The fraction of sp³-hybridized carbons (Fsp3) is 0.889. The standard InChI is InChI=1S/C18H35NO3/c1-18(2)17-22-16-15-21-13-8-4-7-12-20-14-11-19-9-5-3-6-10-19/h1,3-17H2,2H3. The molecule has 0 bridgehead atoms. The summed E-state index contributed by atoms with van der Waals surface area (Å²) in [5.74, 6) is 0. The second-order valence-electron chi connectivity index (χ2n) is 6.20. The van der Waals surface area contributed by atoms with E-state index in [1.807, 2.05) is 6.92 Å². The van der Waals surface area contributed by atoms with Gasteiger partial charge in [0, 0.05) is 19.8 Å². The maximum Gasteiger partial charge on any atom is 0.0704 e. The van der Waals surface area contributed by atoms with Gasteiger partial charge in [-0.3, -0.25) is 0 Å². The molecule has 0 radical (unpaired) electrons. The van der Waals surface area contributed by atoms with Gasteiger partial charge in [0.05, 0.1) is 26.4 Å². The highest BCUT2D eigenvalue weighted by molar-refractivity contribution is 4.87. The van der Waals surface area contributed by atoms with Gasteiger partial charge in [0.25, 0.3) is 0 Å². The highest BCUT2D eigenvalue weighted by Crippen LogP contribution is 2.07. The van der Waals surface area contributed by atoms with Gasteiger partial charge in [-0.1, -0.05) is 18.6 Å². The molecule has 1 rings (SSSR count). The Kier molecular flexibility index (Phi) is 12.7. The van der Waals surface area contributed by atoms with E-state index in [9.17, 15) is 0 Å². The molecule has 0 saturated carbocycles. The summed E-state index contributed by atoms with van der Waals surface area (Å²) in [6.45, 7) is 14.0. The average molecular weight is 313 g/mol. The Hall–Kier alpha value is -0.420. The molecule has 1 aliphatic rings. The van der Waals surface area contributed by atoms with Crippen LogP contribution in [-0.4, -0.2) is 64.2 Å². The fourth-order valence-corrected chi connectivity index (χ4v) is 2.53. The normalized spacial score (nSPS) is 16.0. The number of unbranched alkanes of at least 4 members (excludes halogenated alkanes) is 2. The molecule has 22 heavy (non-hydrogen) atoms. The van der Waals surface area contributed by atoms with E-state index in [0.717, 1.165) is 44.8 Å². The molecule has 0 amide bonds. The second kappa shape index (κ2) is 14.2. The van der Waals surface area contributed by atoms with Crippen LogP contribution in [0.4, 0.5) is 0 Å². The van der Waals surface area contributed by atoms with Gasteiger partial charge in [-0.05, 0) is 52.1 Å². The van der Waals surface area contributed by atoms with Crippen molar-refractivity contribution < 1.29 is 14.2 Å². The van der Waals surface area contributed by atoms with Gasteiger partial charge in [0.1, 0.15) is 0 Å². The number of piperidine rings is 1. The van der Waals surface area contributed by atoms with E-state index in [2.05, 4.69) is 11.5 Å². The first-order valence-electron chi connectivity index (χ1n) is 8.89. The molecule has 0 aromatic rings. The van der Waals surface area contributed by atoms with Gasteiger partial charge in [-0.15, -0.1) is 0 Å². The van der Waals surface area contributed by atoms with E-state index >= 15 is 0 Å². The lowest BCUT2D eigenvalue weighted by molar-refractivity contribution is 0.0529. The molecule has 1 saturated heterocycles. The van der Waals surface area contributed by atoms with Crippen molar-refractivity contribution in [2.45, 2.75) is 45.4 Å². The number of hydrogen-bond donors (Lipinski definition) is 0. The minimum Gasteiger partial charge on any atom is -0.380 e. The minimum atomic E-state index is 0.637. The summed E-state index contributed by atoms with van der Waals surface area (Å²) < 4.78 is 16.6. The molecule has 4 heteroatoms. The van der Waals surface area contributed by atoms with E-state index < -0.39 is 0 Å². The predicted molar refractivity (Wildman–Crippen MR) is 91.4 cm³/mol. The number of likely N-dealkylation sites (tertiary alicyclic amines) is 1. The Bertz CT molecular complexity index is 265. The van der Waals surface area contributed by atoms with Crippen LogP contribution >= 0.6 is 0 Å². The molecule has 0 aromatic heterocycles. The first-order valence-corrected chi connectivity index (χ1v) is 8.89. The molecule has 0 aromatic carbocycles. The summed E-state index contributed by atoms with van der Waals surface area (Å²) in [5, 5.41) is 0. The molecule has 1 fully saturated rings. The summed E-state index contributed by atoms with van der Waals surface area (Å²) in [5.41, 5.74) is 1.06.